The highest BCUT2D eigenvalue weighted by Gasteiger charge is 2.43. The quantitative estimate of drug-likeness (QED) is 0.225. The number of benzene rings is 1. The van der Waals surface area contributed by atoms with Crippen molar-refractivity contribution in [1.82, 2.24) is 19.5 Å². The van der Waals surface area contributed by atoms with Crippen LogP contribution in [0.3, 0.4) is 0 Å². The van der Waals surface area contributed by atoms with Crippen molar-refractivity contribution in [1.29, 1.82) is 0 Å². The van der Waals surface area contributed by atoms with Crippen LogP contribution in [-0.4, -0.2) is 46.2 Å². The molecule has 3 aromatic heterocycles. The number of ether oxygens (including phenoxy) is 3. The predicted octanol–water partition coefficient (Wildman–Crippen LogP) is 5.44. The molecule has 0 aliphatic carbocycles. The van der Waals surface area contributed by atoms with Gasteiger partial charge in [-0.05, 0) is 75.4 Å². The second kappa shape index (κ2) is 11.5. The molecule has 1 aliphatic heterocycles. The highest BCUT2D eigenvalue weighted by molar-refractivity contribution is 6.03. The van der Waals surface area contributed by atoms with Gasteiger partial charge in [0.1, 0.15) is 5.76 Å². The molecule has 2 N–H and O–H groups in total. The van der Waals surface area contributed by atoms with Gasteiger partial charge in [0.15, 0.2) is 11.4 Å². The highest BCUT2D eigenvalue weighted by Crippen LogP contribution is 2.47. The SMILES string of the molecule is COc1nc(NCCCn2ccnc2)nc(OC)c1NC(=O)c1ccc(Cc2cc3c(cc2C)C(C)(C)OC3(C)C)o1. The number of nitrogens with zero attached hydrogens (tertiary/aromatic N) is 4. The summed E-state index contributed by atoms with van der Waals surface area (Å²) in [5.74, 6) is 1.02. The summed E-state index contributed by atoms with van der Waals surface area (Å²) in [6.45, 7) is 11.9. The van der Waals surface area contributed by atoms with Gasteiger partial charge in [0.05, 0.1) is 31.7 Å². The first-order valence-corrected chi connectivity index (χ1v) is 13.9. The van der Waals surface area contributed by atoms with Crippen molar-refractivity contribution in [2.75, 3.05) is 31.4 Å². The van der Waals surface area contributed by atoms with Crippen molar-refractivity contribution in [2.45, 2.75) is 65.2 Å². The summed E-state index contributed by atoms with van der Waals surface area (Å²) in [5, 5.41) is 5.96. The van der Waals surface area contributed by atoms with Crippen LogP contribution in [0.1, 0.15) is 72.7 Å². The minimum Gasteiger partial charge on any atom is -0.479 e. The molecule has 4 aromatic rings. The van der Waals surface area contributed by atoms with Crippen LogP contribution in [0.5, 0.6) is 11.8 Å². The summed E-state index contributed by atoms with van der Waals surface area (Å²) in [7, 11) is 2.94. The summed E-state index contributed by atoms with van der Waals surface area (Å²) < 4.78 is 25.2. The van der Waals surface area contributed by atoms with E-state index in [1.165, 1.54) is 25.3 Å². The maximum Gasteiger partial charge on any atom is 0.291 e. The van der Waals surface area contributed by atoms with Gasteiger partial charge in [0, 0.05) is 31.9 Å². The smallest absolute Gasteiger partial charge is 0.291 e. The third-order valence-electron chi connectivity index (χ3n) is 7.44. The van der Waals surface area contributed by atoms with E-state index in [9.17, 15) is 4.79 Å². The molecule has 0 unspecified atom stereocenters. The Morgan fingerprint density at radius 2 is 1.71 bits per heavy atom. The van der Waals surface area contributed by atoms with Gasteiger partial charge in [-0.1, -0.05) is 12.1 Å². The Hall–Kier alpha value is -4.38. The summed E-state index contributed by atoms with van der Waals surface area (Å²) >= 11 is 0. The van der Waals surface area contributed by atoms with Gasteiger partial charge < -0.3 is 33.8 Å². The Morgan fingerprint density at radius 3 is 2.36 bits per heavy atom. The molecule has 1 aliphatic rings. The predicted molar refractivity (Wildman–Crippen MR) is 158 cm³/mol. The molecular weight excluding hydrogens is 536 g/mol. The Bertz CT molecular complexity index is 1550. The van der Waals surface area contributed by atoms with E-state index in [0.717, 1.165) is 24.1 Å². The first kappa shape index (κ1) is 29.1. The van der Waals surface area contributed by atoms with E-state index in [-0.39, 0.29) is 34.4 Å². The van der Waals surface area contributed by atoms with Crippen LogP contribution in [0, 0.1) is 6.92 Å². The molecule has 0 bridgehead atoms. The minimum absolute atomic E-state index is 0.152. The zero-order valence-corrected chi connectivity index (χ0v) is 25.2. The molecule has 11 nitrogen and oxygen atoms in total. The molecule has 0 saturated heterocycles. The molecule has 42 heavy (non-hydrogen) atoms. The lowest BCUT2D eigenvalue weighted by Crippen LogP contribution is -2.22. The summed E-state index contributed by atoms with van der Waals surface area (Å²) in [6, 6.07) is 7.86. The van der Waals surface area contributed by atoms with Gasteiger partial charge >= 0.3 is 0 Å². The normalized spacial score (nSPS) is 14.8. The van der Waals surface area contributed by atoms with Crippen molar-refractivity contribution in [2.24, 2.45) is 0 Å². The van der Waals surface area contributed by atoms with E-state index in [0.29, 0.717) is 24.7 Å². The largest absolute Gasteiger partial charge is 0.479 e. The maximum absolute atomic E-state index is 13.2. The number of anilines is 2. The van der Waals surface area contributed by atoms with Gasteiger partial charge in [-0.25, -0.2) is 4.98 Å². The number of furan rings is 1. The third kappa shape index (κ3) is 5.96. The molecule has 4 heterocycles. The second-order valence-electron chi connectivity index (χ2n) is 11.4. The summed E-state index contributed by atoms with van der Waals surface area (Å²) in [4.78, 5) is 26.0. The number of aryl methyl sites for hydroxylation is 2. The van der Waals surface area contributed by atoms with Crippen LogP contribution in [0.25, 0.3) is 0 Å². The van der Waals surface area contributed by atoms with Crippen molar-refractivity contribution in [3.63, 3.8) is 0 Å². The molecule has 1 aromatic carbocycles. The summed E-state index contributed by atoms with van der Waals surface area (Å²) in [5.41, 5.74) is 4.12. The van der Waals surface area contributed by atoms with Crippen molar-refractivity contribution in [3.05, 3.63) is 76.8 Å². The number of carbonyl (C=O) groups excluding carboxylic acids is 1. The number of nitrogens with one attached hydrogen (secondary N) is 2. The van der Waals surface area contributed by atoms with Crippen LogP contribution in [0.15, 0.2) is 47.4 Å². The van der Waals surface area contributed by atoms with Crippen LogP contribution >= 0.6 is 0 Å². The number of hydrogen-bond donors (Lipinski definition) is 2. The Labute approximate surface area is 245 Å². The molecule has 0 fully saturated rings. The van der Waals surface area contributed by atoms with Gasteiger partial charge in [0.2, 0.25) is 17.7 Å². The maximum atomic E-state index is 13.2. The van der Waals surface area contributed by atoms with Gasteiger partial charge in [-0.2, -0.15) is 9.97 Å². The zero-order valence-electron chi connectivity index (χ0n) is 25.2. The standard InChI is InChI=1S/C31H38N6O5/c1-19-15-22-23(31(4,5)42-30(22,2)3)17-20(19)16-21-9-10-24(41-21)26(38)34-25-27(39-6)35-29(36-28(25)40-7)33-11-8-13-37-14-12-32-18-37/h9-10,12,14-15,17-18H,8,11,13,16H2,1-7H3,(H,34,38)(H,33,35,36). The van der Waals surface area contributed by atoms with Crippen molar-refractivity contribution in [3.8, 4) is 11.8 Å². The topological polar surface area (TPSA) is 126 Å². The van der Waals surface area contributed by atoms with Crippen LogP contribution in [-0.2, 0) is 28.9 Å². The van der Waals surface area contributed by atoms with Crippen LogP contribution in [0.4, 0.5) is 11.6 Å². The molecule has 0 radical (unpaired) electrons. The third-order valence-corrected chi connectivity index (χ3v) is 7.44. The van der Waals surface area contributed by atoms with E-state index in [1.54, 1.807) is 18.6 Å². The zero-order chi connectivity index (χ0) is 30.1. The lowest BCUT2D eigenvalue weighted by atomic mass is 9.86. The van der Waals surface area contributed by atoms with Gasteiger partial charge in [-0.3, -0.25) is 4.79 Å². The molecular formula is C31H38N6O5. The van der Waals surface area contributed by atoms with Crippen LogP contribution < -0.4 is 20.1 Å². The average molecular weight is 575 g/mol. The fourth-order valence-electron chi connectivity index (χ4n) is 5.43. The number of imidazole rings is 1. The fourth-order valence-corrected chi connectivity index (χ4v) is 5.43. The Balaban J connectivity index is 1.28. The number of hydrogen-bond acceptors (Lipinski definition) is 9. The van der Waals surface area contributed by atoms with Gasteiger partial charge in [-0.15, -0.1) is 0 Å². The van der Waals surface area contributed by atoms with E-state index in [2.05, 4.69) is 72.3 Å². The molecule has 11 heteroatoms. The van der Waals surface area contributed by atoms with Crippen LogP contribution in [0.2, 0.25) is 0 Å². The number of fused-ring (bicyclic) bond motifs is 1. The highest BCUT2D eigenvalue weighted by atomic mass is 16.5. The van der Waals surface area contributed by atoms with Gasteiger partial charge in [0.25, 0.3) is 5.91 Å². The van der Waals surface area contributed by atoms with E-state index in [1.807, 2.05) is 16.8 Å². The number of methoxy groups -OCH3 is 2. The minimum atomic E-state index is -0.468. The monoisotopic (exact) mass is 574 g/mol. The lowest BCUT2D eigenvalue weighted by Gasteiger charge is -2.24. The molecule has 1 amide bonds. The molecule has 0 spiro atoms. The van der Waals surface area contributed by atoms with Crippen molar-refractivity contribution < 1.29 is 23.4 Å². The van der Waals surface area contributed by atoms with E-state index >= 15 is 0 Å². The summed E-state index contributed by atoms with van der Waals surface area (Å²) in [6.07, 6.45) is 6.80. The van der Waals surface area contributed by atoms with E-state index in [4.69, 9.17) is 18.6 Å². The number of carbonyl (C=O) groups is 1. The Kier molecular flexibility index (Phi) is 7.96. The number of rotatable bonds is 11. The molecule has 0 atom stereocenters. The first-order valence-electron chi connectivity index (χ1n) is 13.9. The molecule has 5 rings (SSSR count). The first-order chi connectivity index (χ1) is 20.0. The average Bonchev–Trinajstić information content (AvgIpc) is 3.67. The lowest BCUT2D eigenvalue weighted by molar-refractivity contribution is -0.105. The van der Waals surface area contributed by atoms with Crippen molar-refractivity contribution >= 4 is 17.5 Å². The fraction of sp³-hybridized carbons (Fsp3) is 0.419. The number of aromatic nitrogens is 4. The second-order valence-corrected chi connectivity index (χ2v) is 11.4. The molecule has 0 saturated carbocycles. The Morgan fingerprint density at radius 1 is 1.02 bits per heavy atom. The van der Waals surface area contributed by atoms with E-state index < -0.39 is 5.91 Å². The molecule has 222 valence electrons. The number of amides is 1.